The van der Waals surface area contributed by atoms with Crippen LogP contribution in [-0.2, 0) is 11.3 Å². The highest BCUT2D eigenvalue weighted by atomic mass is 32.1. The molecule has 0 saturated carbocycles. The summed E-state index contributed by atoms with van der Waals surface area (Å²) in [5.41, 5.74) is 2.27. The number of carbonyl (C=O) groups is 1. The summed E-state index contributed by atoms with van der Waals surface area (Å²) < 4.78 is 7.09. The van der Waals surface area contributed by atoms with E-state index in [-0.39, 0.29) is 5.91 Å². The SMILES string of the molecule is CC(=O)N1CC2CCN(Cc3ccc(Oc4nc5ccccc5s4)cc3)CC2C1. The fourth-order valence-electron chi connectivity index (χ4n) is 4.56. The molecule has 0 aliphatic carbocycles. The van der Waals surface area contributed by atoms with Gasteiger partial charge in [0.05, 0.1) is 10.2 Å². The second-order valence-electron chi connectivity index (χ2n) is 8.16. The molecule has 2 aliphatic rings. The van der Waals surface area contributed by atoms with Crippen LogP contribution in [0.2, 0.25) is 0 Å². The van der Waals surface area contributed by atoms with Crippen LogP contribution in [0.15, 0.2) is 48.5 Å². The molecule has 150 valence electrons. The second kappa shape index (κ2) is 7.76. The van der Waals surface area contributed by atoms with Gasteiger partial charge in [0, 0.05) is 33.1 Å². The number of ether oxygens (including phenoxy) is 1. The zero-order chi connectivity index (χ0) is 19.8. The van der Waals surface area contributed by atoms with Crippen LogP contribution in [-0.4, -0.2) is 46.9 Å². The van der Waals surface area contributed by atoms with Crippen LogP contribution in [0.3, 0.4) is 0 Å². The molecule has 0 radical (unpaired) electrons. The molecule has 2 aliphatic heterocycles. The van der Waals surface area contributed by atoms with E-state index < -0.39 is 0 Å². The van der Waals surface area contributed by atoms with E-state index in [0.29, 0.717) is 17.0 Å². The number of benzene rings is 2. The van der Waals surface area contributed by atoms with Crippen molar-refractivity contribution in [1.82, 2.24) is 14.8 Å². The largest absolute Gasteiger partial charge is 0.431 e. The van der Waals surface area contributed by atoms with E-state index in [1.807, 2.05) is 35.2 Å². The lowest BCUT2D eigenvalue weighted by Gasteiger charge is -2.34. The van der Waals surface area contributed by atoms with E-state index in [2.05, 4.69) is 28.1 Å². The predicted molar refractivity (Wildman–Crippen MR) is 115 cm³/mol. The van der Waals surface area contributed by atoms with Gasteiger partial charge in [-0.2, -0.15) is 0 Å². The third kappa shape index (κ3) is 4.00. The van der Waals surface area contributed by atoms with Gasteiger partial charge in [0.2, 0.25) is 5.91 Å². The monoisotopic (exact) mass is 407 g/mol. The van der Waals surface area contributed by atoms with Gasteiger partial charge >= 0.3 is 0 Å². The molecule has 5 nitrogen and oxygen atoms in total. The molecule has 2 unspecified atom stereocenters. The zero-order valence-corrected chi connectivity index (χ0v) is 17.4. The topological polar surface area (TPSA) is 45.7 Å². The van der Waals surface area contributed by atoms with Crippen molar-refractivity contribution in [2.45, 2.75) is 19.9 Å². The number of hydrogen-bond acceptors (Lipinski definition) is 5. The first-order valence-electron chi connectivity index (χ1n) is 10.2. The van der Waals surface area contributed by atoms with Gasteiger partial charge in [-0.15, -0.1) is 0 Å². The summed E-state index contributed by atoms with van der Waals surface area (Å²) in [6.45, 7) is 6.70. The smallest absolute Gasteiger partial charge is 0.279 e. The predicted octanol–water partition coefficient (Wildman–Crippen LogP) is 4.39. The Labute approximate surface area is 174 Å². The summed E-state index contributed by atoms with van der Waals surface area (Å²) >= 11 is 1.57. The van der Waals surface area contributed by atoms with Gasteiger partial charge in [-0.25, -0.2) is 4.98 Å². The summed E-state index contributed by atoms with van der Waals surface area (Å²) in [5, 5.41) is 0.678. The Morgan fingerprint density at radius 2 is 1.90 bits per heavy atom. The molecule has 3 aromatic rings. The van der Waals surface area contributed by atoms with E-state index in [9.17, 15) is 4.79 Å². The highest BCUT2D eigenvalue weighted by Gasteiger charge is 2.37. The van der Waals surface area contributed by atoms with Crippen molar-refractivity contribution in [3.05, 3.63) is 54.1 Å². The number of amides is 1. The number of para-hydroxylation sites is 1. The first-order valence-corrected chi connectivity index (χ1v) is 11.1. The van der Waals surface area contributed by atoms with E-state index >= 15 is 0 Å². The van der Waals surface area contributed by atoms with E-state index in [1.54, 1.807) is 18.3 Å². The molecule has 2 aromatic carbocycles. The van der Waals surface area contributed by atoms with Gasteiger partial charge < -0.3 is 9.64 Å². The van der Waals surface area contributed by atoms with Crippen LogP contribution in [0, 0.1) is 11.8 Å². The standard InChI is InChI=1S/C23H25N3O2S/c1-16(27)26-14-18-10-11-25(13-19(18)15-26)12-17-6-8-20(9-7-17)28-23-24-21-4-2-3-5-22(21)29-23/h2-9,18-19H,10-15H2,1H3. The fraction of sp³-hybridized carbons (Fsp3) is 0.391. The van der Waals surface area contributed by atoms with Crippen molar-refractivity contribution in [3.8, 4) is 10.9 Å². The Morgan fingerprint density at radius 3 is 2.69 bits per heavy atom. The minimum Gasteiger partial charge on any atom is -0.431 e. The van der Waals surface area contributed by atoms with Crippen molar-refractivity contribution >= 4 is 27.5 Å². The molecule has 6 heteroatoms. The molecule has 2 saturated heterocycles. The molecular formula is C23H25N3O2S. The normalized spacial score (nSPS) is 22.0. The van der Waals surface area contributed by atoms with Crippen LogP contribution in [0.1, 0.15) is 18.9 Å². The lowest BCUT2D eigenvalue weighted by Crippen LogP contribution is -2.39. The van der Waals surface area contributed by atoms with Crippen molar-refractivity contribution < 1.29 is 9.53 Å². The number of piperidine rings is 1. The molecule has 2 fully saturated rings. The van der Waals surface area contributed by atoms with Crippen LogP contribution >= 0.6 is 11.3 Å². The maximum Gasteiger partial charge on any atom is 0.279 e. The summed E-state index contributed by atoms with van der Waals surface area (Å²) in [6, 6.07) is 16.4. The lowest BCUT2D eigenvalue weighted by molar-refractivity contribution is -0.128. The Hall–Kier alpha value is -2.44. The minimum atomic E-state index is 0.217. The Balaban J connectivity index is 1.19. The molecule has 0 bridgehead atoms. The Morgan fingerprint density at radius 1 is 1.10 bits per heavy atom. The number of fused-ring (bicyclic) bond motifs is 2. The number of nitrogens with zero attached hydrogens (tertiary/aromatic N) is 3. The van der Waals surface area contributed by atoms with Crippen molar-refractivity contribution in [1.29, 1.82) is 0 Å². The number of likely N-dealkylation sites (tertiary alicyclic amines) is 2. The molecule has 2 atom stereocenters. The molecule has 0 N–H and O–H groups in total. The zero-order valence-electron chi connectivity index (χ0n) is 16.6. The van der Waals surface area contributed by atoms with Crippen LogP contribution in [0.5, 0.6) is 10.9 Å². The average Bonchev–Trinajstić information content (AvgIpc) is 3.32. The summed E-state index contributed by atoms with van der Waals surface area (Å²) in [4.78, 5) is 20.7. The van der Waals surface area contributed by atoms with Gasteiger partial charge in [0.25, 0.3) is 5.19 Å². The van der Waals surface area contributed by atoms with E-state index in [1.165, 1.54) is 12.0 Å². The van der Waals surface area contributed by atoms with Gasteiger partial charge in [0.15, 0.2) is 0 Å². The fourth-order valence-corrected chi connectivity index (χ4v) is 5.40. The maximum atomic E-state index is 11.7. The van der Waals surface area contributed by atoms with Gasteiger partial charge in [-0.05, 0) is 54.6 Å². The Bertz CT molecular complexity index is 983. The maximum absolute atomic E-state index is 11.7. The third-order valence-corrected chi connectivity index (χ3v) is 7.05. The van der Waals surface area contributed by atoms with Gasteiger partial charge in [-0.1, -0.05) is 35.6 Å². The highest BCUT2D eigenvalue weighted by Crippen LogP contribution is 2.33. The van der Waals surface area contributed by atoms with Crippen LogP contribution < -0.4 is 4.74 Å². The number of aromatic nitrogens is 1. The summed E-state index contributed by atoms with van der Waals surface area (Å²) in [7, 11) is 0. The lowest BCUT2D eigenvalue weighted by atomic mass is 9.88. The van der Waals surface area contributed by atoms with Gasteiger partial charge in [0.1, 0.15) is 5.75 Å². The van der Waals surface area contributed by atoms with Crippen molar-refractivity contribution in [2.24, 2.45) is 11.8 Å². The number of carbonyl (C=O) groups excluding carboxylic acids is 1. The molecular weight excluding hydrogens is 382 g/mol. The molecule has 3 heterocycles. The van der Waals surface area contributed by atoms with Gasteiger partial charge in [-0.3, -0.25) is 9.69 Å². The third-order valence-electron chi connectivity index (χ3n) is 6.14. The quantitative estimate of drug-likeness (QED) is 0.644. The summed E-state index contributed by atoms with van der Waals surface area (Å²) in [5.74, 6) is 2.34. The number of thiazole rings is 1. The van der Waals surface area contributed by atoms with Crippen LogP contribution in [0.25, 0.3) is 10.2 Å². The van der Waals surface area contributed by atoms with E-state index in [4.69, 9.17) is 4.74 Å². The number of rotatable bonds is 4. The second-order valence-corrected chi connectivity index (χ2v) is 9.15. The van der Waals surface area contributed by atoms with Crippen LogP contribution in [0.4, 0.5) is 0 Å². The highest BCUT2D eigenvalue weighted by molar-refractivity contribution is 7.20. The molecule has 5 rings (SSSR count). The Kier molecular flexibility index (Phi) is 4.97. The van der Waals surface area contributed by atoms with Crippen molar-refractivity contribution in [3.63, 3.8) is 0 Å². The average molecular weight is 408 g/mol. The molecule has 29 heavy (non-hydrogen) atoms. The first-order chi connectivity index (χ1) is 14.1. The molecule has 0 spiro atoms. The van der Waals surface area contributed by atoms with Crippen molar-refractivity contribution in [2.75, 3.05) is 26.2 Å². The summed E-state index contributed by atoms with van der Waals surface area (Å²) in [6.07, 6.45) is 1.19. The first kappa shape index (κ1) is 18.6. The number of hydrogen-bond donors (Lipinski definition) is 0. The molecule has 1 amide bonds. The molecule has 1 aromatic heterocycles. The minimum absolute atomic E-state index is 0.217. The van der Waals surface area contributed by atoms with E-state index in [0.717, 1.165) is 48.7 Å².